The lowest BCUT2D eigenvalue weighted by Crippen LogP contribution is -2.15. The van der Waals surface area contributed by atoms with Crippen LogP contribution in [0.3, 0.4) is 0 Å². The van der Waals surface area contributed by atoms with Gasteiger partial charge in [-0.3, -0.25) is 4.72 Å². The van der Waals surface area contributed by atoms with Crippen LogP contribution in [0.1, 0.15) is 18.1 Å². The fourth-order valence-corrected chi connectivity index (χ4v) is 4.62. The zero-order chi connectivity index (χ0) is 24.3. The number of aryl methyl sites for hydroxylation is 1. The van der Waals surface area contributed by atoms with E-state index in [2.05, 4.69) is 14.9 Å². The summed E-state index contributed by atoms with van der Waals surface area (Å²) in [4.78, 5) is 4.16. The van der Waals surface area contributed by atoms with Crippen LogP contribution in [0.25, 0.3) is 11.0 Å². The molecule has 0 atom stereocenters. The van der Waals surface area contributed by atoms with E-state index in [-0.39, 0.29) is 34.5 Å². The van der Waals surface area contributed by atoms with Crippen LogP contribution < -0.4 is 24.7 Å². The molecule has 0 saturated carbocycles. The minimum atomic E-state index is -4.05. The number of hydrogen-bond donors (Lipinski definition) is 2. The Balaban J connectivity index is 0.00000342. The van der Waals surface area contributed by atoms with E-state index in [4.69, 9.17) is 24.5 Å². The highest BCUT2D eigenvalue weighted by atomic mass is 35.5. The molecule has 0 aliphatic carbocycles. The van der Waals surface area contributed by atoms with E-state index in [1.54, 1.807) is 42.6 Å². The van der Waals surface area contributed by atoms with Crippen LogP contribution >= 0.6 is 12.4 Å². The number of nitrogens with one attached hydrogen (secondary N) is 1. The topological polar surface area (TPSA) is 139 Å². The van der Waals surface area contributed by atoms with E-state index < -0.39 is 10.0 Å². The molecule has 0 radical (unpaired) electrons. The molecule has 3 N–H and O–H groups in total. The van der Waals surface area contributed by atoms with Gasteiger partial charge < -0.3 is 24.5 Å². The van der Waals surface area contributed by atoms with E-state index in [9.17, 15) is 8.42 Å². The highest BCUT2D eigenvalue weighted by Crippen LogP contribution is 2.38. The van der Waals surface area contributed by atoms with Crippen molar-refractivity contribution in [1.82, 2.24) is 10.1 Å². The van der Waals surface area contributed by atoms with E-state index in [0.717, 1.165) is 11.1 Å². The molecule has 0 bridgehead atoms. The number of nitrogens with zero attached hydrogens (tertiary/aromatic N) is 2. The van der Waals surface area contributed by atoms with Crippen molar-refractivity contribution in [3.05, 3.63) is 59.8 Å². The van der Waals surface area contributed by atoms with Gasteiger partial charge in [0.2, 0.25) is 5.88 Å². The number of methoxy groups -OCH3 is 2. The van der Waals surface area contributed by atoms with Crippen LogP contribution in [0.15, 0.2) is 58.1 Å². The average Bonchev–Trinajstić information content (AvgIpc) is 3.25. The van der Waals surface area contributed by atoms with E-state index in [0.29, 0.717) is 35.7 Å². The smallest absolute Gasteiger partial charge is 0.266 e. The summed E-state index contributed by atoms with van der Waals surface area (Å²) >= 11 is 0. The zero-order valence-electron chi connectivity index (χ0n) is 19.3. The first-order valence-electron chi connectivity index (χ1n) is 10.4. The summed E-state index contributed by atoms with van der Waals surface area (Å²) in [6.45, 7) is 2.28. The Morgan fingerprint density at radius 1 is 1.03 bits per heavy atom. The standard InChI is InChI=1S/C23H24N4O6S.ClH/c1-4-14-5-6-17(30-2)20(9-14)34(28,29)27-23-22-18(31-3)11-16(12-19(22)33-26-23)32-21-10-15(13-24)7-8-25-21;/h5-12H,4,13,24H2,1-3H3,(H,26,27);1H. The molecule has 0 unspecified atom stereocenters. The van der Waals surface area contributed by atoms with Gasteiger partial charge in [0.15, 0.2) is 11.4 Å². The number of pyridine rings is 1. The maximum Gasteiger partial charge on any atom is 0.266 e. The molecular weight excluding hydrogens is 496 g/mol. The number of anilines is 1. The molecule has 4 rings (SSSR count). The maximum atomic E-state index is 13.2. The highest BCUT2D eigenvalue weighted by Gasteiger charge is 2.25. The summed E-state index contributed by atoms with van der Waals surface area (Å²) in [5, 5.41) is 4.25. The number of nitrogens with two attached hydrogens (primary N) is 1. The summed E-state index contributed by atoms with van der Waals surface area (Å²) in [5.41, 5.74) is 7.64. The van der Waals surface area contributed by atoms with Crippen LogP contribution in [0.5, 0.6) is 23.1 Å². The van der Waals surface area contributed by atoms with Gasteiger partial charge in [0.25, 0.3) is 10.0 Å². The molecule has 186 valence electrons. The van der Waals surface area contributed by atoms with E-state index >= 15 is 0 Å². The molecule has 10 nitrogen and oxygen atoms in total. The molecule has 0 aliphatic rings. The van der Waals surface area contributed by atoms with Gasteiger partial charge in [0, 0.05) is 30.9 Å². The van der Waals surface area contributed by atoms with Crippen LogP contribution in [-0.4, -0.2) is 32.8 Å². The van der Waals surface area contributed by atoms with Gasteiger partial charge in [0.1, 0.15) is 27.5 Å². The molecule has 0 spiro atoms. The second-order valence-corrected chi connectivity index (χ2v) is 8.93. The Kier molecular flexibility index (Phi) is 8.05. The van der Waals surface area contributed by atoms with Crippen molar-refractivity contribution in [1.29, 1.82) is 0 Å². The van der Waals surface area contributed by atoms with Crippen molar-refractivity contribution in [3.8, 4) is 23.1 Å². The number of aromatic nitrogens is 2. The molecule has 0 aliphatic heterocycles. The molecule has 0 amide bonds. The monoisotopic (exact) mass is 520 g/mol. The normalized spacial score (nSPS) is 11.1. The molecule has 4 aromatic rings. The van der Waals surface area contributed by atoms with E-state index in [1.165, 1.54) is 14.2 Å². The lowest BCUT2D eigenvalue weighted by atomic mass is 10.2. The summed E-state index contributed by atoms with van der Waals surface area (Å²) < 4.78 is 50.8. The van der Waals surface area contributed by atoms with Gasteiger partial charge in [-0.25, -0.2) is 13.4 Å². The molecule has 0 saturated heterocycles. The fourth-order valence-electron chi connectivity index (χ4n) is 3.39. The van der Waals surface area contributed by atoms with Crippen LogP contribution in [0, 0.1) is 0 Å². The number of sulfonamides is 1. The number of halogens is 1. The summed E-state index contributed by atoms with van der Waals surface area (Å²) in [7, 11) is -1.19. The number of hydrogen-bond acceptors (Lipinski definition) is 9. The second kappa shape index (κ2) is 10.8. The predicted molar refractivity (Wildman–Crippen MR) is 133 cm³/mol. The first kappa shape index (κ1) is 26.1. The Morgan fingerprint density at radius 3 is 2.49 bits per heavy atom. The van der Waals surface area contributed by atoms with Crippen molar-refractivity contribution in [3.63, 3.8) is 0 Å². The number of ether oxygens (including phenoxy) is 3. The Labute approximate surface area is 208 Å². The van der Waals surface area contributed by atoms with Crippen molar-refractivity contribution in [2.24, 2.45) is 5.73 Å². The van der Waals surface area contributed by atoms with Crippen LogP contribution in [0.2, 0.25) is 0 Å². The molecule has 12 heteroatoms. The molecule has 2 heterocycles. The molecule has 35 heavy (non-hydrogen) atoms. The Bertz CT molecular complexity index is 1440. The number of fused-ring (bicyclic) bond motifs is 1. The number of benzene rings is 2. The minimum absolute atomic E-state index is 0. The van der Waals surface area contributed by atoms with Gasteiger partial charge in [-0.15, -0.1) is 12.4 Å². The largest absolute Gasteiger partial charge is 0.496 e. The quantitative estimate of drug-likeness (QED) is 0.331. The fraction of sp³-hybridized carbons (Fsp3) is 0.217. The number of rotatable bonds is 9. The van der Waals surface area contributed by atoms with Gasteiger partial charge in [-0.05, 0) is 35.7 Å². The maximum absolute atomic E-state index is 13.2. The van der Waals surface area contributed by atoms with Crippen LogP contribution in [-0.2, 0) is 23.0 Å². The third kappa shape index (κ3) is 5.42. The molecule has 2 aromatic carbocycles. The van der Waals surface area contributed by atoms with Crippen molar-refractivity contribution in [2.75, 3.05) is 18.9 Å². The van der Waals surface area contributed by atoms with Crippen molar-refractivity contribution < 1.29 is 27.2 Å². The minimum Gasteiger partial charge on any atom is -0.496 e. The highest BCUT2D eigenvalue weighted by molar-refractivity contribution is 7.92. The summed E-state index contributed by atoms with van der Waals surface area (Å²) in [6.07, 6.45) is 2.26. The average molecular weight is 521 g/mol. The first-order chi connectivity index (χ1) is 16.4. The summed E-state index contributed by atoms with van der Waals surface area (Å²) in [5.74, 6) is 1.20. The van der Waals surface area contributed by atoms with Crippen molar-refractivity contribution >= 4 is 39.2 Å². The van der Waals surface area contributed by atoms with Gasteiger partial charge in [0.05, 0.1) is 14.2 Å². The van der Waals surface area contributed by atoms with Crippen LogP contribution in [0.4, 0.5) is 5.82 Å². The SMILES string of the molecule is CCc1ccc(OC)c(S(=O)(=O)Nc2noc3cc(Oc4cc(CN)ccn4)cc(OC)c23)c1.Cl. The molecule has 0 fully saturated rings. The van der Waals surface area contributed by atoms with Gasteiger partial charge in [-0.1, -0.05) is 18.1 Å². The Hall–Kier alpha value is -3.54. The lowest BCUT2D eigenvalue weighted by molar-refractivity contribution is 0.402. The zero-order valence-corrected chi connectivity index (χ0v) is 20.9. The molecule has 2 aromatic heterocycles. The van der Waals surface area contributed by atoms with Gasteiger partial charge >= 0.3 is 0 Å². The second-order valence-electron chi connectivity index (χ2n) is 7.28. The third-order valence-electron chi connectivity index (χ3n) is 5.15. The van der Waals surface area contributed by atoms with Gasteiger partial charge in [-0.2, -0.15) is 0 Å². The predicted octanol–water partition coefficient (Wildman–Crippen LogP) is 4.28. The summed E-state index contributed by atoms with van der Waals surface area (Å²) in [6, 6.07) is 11.7. The first-order valence-corrected chi connectivity index (χ1v) is 11.9. The molecular formula is C23H25ClN4O6S. The Morgan fingerprint density at radius 2 is 1.80 bits per heavy atom. The van der Waals surface area contributed by atoms with E-state index in [1.807, 2.05) is 13.0 Å². The lowest BCUT2D eigenvalue weighted by Gasteiger charge is -2.12. The van der Waals surface area contributed by atoms with Crippen molar-refractivity contribution in [2.45, 2.75) is 24.8 Å². The third-order valence-corrected chi connectivity index (χ3v) is 6.51.